The van der Waals surface area contributed by atoms with Crippen LogP contribution in [0.1, 0.15) is 48.4 Å². The highest BCUT2D eigenvalue weighted by Gasteiger charge is 2.16. The zero-order valence-electron chi connectivity index (χ0n) is 17.1. The van der Waals surface area contributed by atoms with Crippen LogP contribution in [0, 0.1) is 6.92 Å². The summed E-state index contributed by atoms with van der Waals surface area (Å²) in [6, 6.07) is 11.2. The second-order valence-electron chi connectivity index (χ2n) is 6.68. The summed E-state index contributed by atoms with van der Waals surface area (Å²) in [4.78, 5) is 22.2. The first-order chi connectivity index (χ1) is 13.5. The lowest BCUT2D eigenvalue weighted by molar-refractivity contribution is -0.160. The Hall–Kier alpha value is -2.57. The van der Waals surface area contributed by atoms with E-state index in [4.69, 9.17) is 24.0 Å². The Labute approximate surface area is 166 Å². The second-order valence-corrected chi connectivity index (χ2v) is 6.68. The molecule has 0 radical (unpaired) electrons. The van der Waals surface area contributed by atoms with Crippen molar-refractivity contribution >= 4 is 6.16 Å². The number of hydrogen-bond acceptors (Lipinski definition) is 6. The molecule has 0 saturated carbocycles. The van der Waals surface area contributed by atoms with E-state index in [1.54, 1.807) is 26.4 Å². The first-order valence-corrected chi connectivity index (χ1v) is 9.25. The molecule has 0 aliphatic carbocycles. The van der Waals surface area contributed by atoms with Crippen molar-refractivity contribution in [3.63, 3.8) is 0 Å². The van der Waals surface area contributed by atoms with Crippen LogP contribution < -0.4 is 9.62 Å². The van der Waals surface area contributed by atoms with Crippen molar-refractivity contribution in [3.05, 3.63) is 58.7 Å². The summed E-state index contributed by atoms with van der Waals surface area (Å²) in [6.45, 7) is 6.85. The first-order valence-electron chi connectivity index (χ1n) is 9.25. The van der Waals surface area contributed by atoms with E-state index in [-0.39, 0.29) is 0 Å². The zero-order valence-corrected chi connectivity index (χ0v) is 17.1. The van der Waals surface area contributed by atoms with Gasteiger partial charge in [-0.2, -0.15) is 4.79 Å². The number of hydrogen-bond donors (Lipinski definition) is 0. The molecule has 0 amide bonds. The smallest absolute Gasteiger partial charge is 0.393 e. The fourth-order valence-electron chi connectivity index (χ4n) is 2.85. The van der Waals surface area contributed by atoms with Crippen LogP contribution in [0.5, 0.6) is 11.5 Å². The molecular weight excluding hydrogens is 360 g/mol. The number of aryl methyl sites for hydroxylation is 1. The summed E-state index contributed by atoms with van der Waals surface area (Å²) in [5, 5.41) is 0. The van der Waals surface area contributed by atoms with Crippen LogP contribution in [0.15, 0.2) is 36.4 Å². The number of methoxy groups -OCH3 is 2. The third-order valence-corrected chi connectivity index (χ3v) is 4.44. The second kappa shape index (κ2) is 10.7. The molecule has 0 heterocycles. The normalized spacial score (nSPS) is 11.8. The molecule has 6 heteroatoms. The maximum atomic E-state index is 12.0. The summed E-state index contributed by atoms with van der Waals surface area (Å²) in [5.74, 6) is 1.22. The molecule has 1 unspecified atom stereocenters. The number of ether oxygens (including phenoxy) is 3. The van der Waals surface area contributed by atoms with E-state index in [0.29, 0.717) is 30.6 Å². The van der Waals surface area contributed by atoms with Crippen molar-refractivity contribution < 1.29 is 28.8 Å². The van der Waals surface area contributed by atoms with Crippen molar-refractivity contribution in [2.45, 2.75) is 46.3 Å². The highest BCUT2D eigenvalue weighted by atomic mass is 17.2. The lowest BCUT2D eigenvalue weighted by atomic mass is 9.99. The van der Waals surface area contributed by atoms with Crippen molar-refractivity contribution in [1.29, 1.82) is 0 Å². The lowest BCUT2D eigenvalue weighted by Gasteiger charge is -2.14. The molecule has 2 aromatic carbocycles. The molecule has 1 atom stereocenters. The van der Waals surface area contributed by atoms with Crippen molar-refractivity contribution in [3.8, 4) is 11.5 Å². The van der Waals surface area contributed by atoms with Crippen molar-refractivity contribution in [2.24, 2.45) is 0 Å². The largest absolute Gasteiger partial charge is 0.555 e. The molecule has 0 fully saturated rings. The Kier molecular flexibility index (Phi) is 8.29. The van der Waals surface area contributed by atoms with Gasteiger partial charge in [0.1, 0.15) is 5.75 Å². The van der Waals surface area contributed by atoms with Crippen LogP contribution in [0.4, 0.5) is 4.79 Å². The Balaban J connectivity index is 2.05. The van der Waals surface area contributed by atoms with Gasteiger partial charge >= 0.3 is 6.16 Å². The van der Waals surface area contributed by atoms with E-state index in [1.165, 1.54) is 5.56 Å². The minimum atomic E-state index is -0.955. The van der Waals surface area contributed by atoms with Gasteiger partial charge in [-0.05, 0) is 49.1 Å². The van der Waals surface area contributed by atoms with Gasteiger partial charge in [-0.15, -0.1) is 0 Å². The van der Waals surface area contributed by atoms with E-state index in [2.05, 4.69) is 13.8 Å². The van der Waals surface area contributed by atoms with Gasteiger partial charge in [0.2, 0.25) is 0 Å². The SMILES string of the molecule is CCC(C)c1ccc(OC(=O)OOc2c(COC)cc(C)cc2COC)cc1. The summed E-state index contributed by atoms with van der Waals surface area (Å²) < 4.78 is 15.6. The molecule has 6 nitrogen and oxygen atoms in total. The predicted octanol–water partition coefficient (Wildman–Crippen LogP) is 5.31. The van der Waals surface area contributed by atoms with Crippen molar-refractivity contribution in [1.82, 2.24) is 0 Å². The third-order valence-electron chi connectivity index (χ3n) is 4.44. The van der Waals surface area contributed by atoms with Gasteiger partial charge in [0.25, 0.3) is 0 Å². The minimum Gasteiger partial charge on any atom is -0.393 e. The van der Waals surface area contributed by atoms with Crippen LogP contribution in [-0.2, 0) is 27.6 Å². The monoisotopic (exact) mass is 388 g/mol. The fourth-order valence-corrected chi connectivity index (χ4v) is 2.85. The highest BCUT2D eigenvalue weighted by Crippen LogP contribution is 2.28. The van der Waals surface area contributed by atoms with Gasteiger partial charge in [0, 0.05) is 25.3 Å². The van der Waals surface area contributed by atoms with Gasteiger partial charge < -0.3 is 14.2 Å². The molecule has 2 aromatic rings. The average Bonchev–Trinajstić information content (AvgIpc) is 2.67. The molecule has 152 valence electrons. The Morgan fingerprint density at radius 3 is 2.07 bits per heavy atom. The Morgan fingerprint density at radius 1 is 1.00 bits per heavy atom. The first kappa shape index (κ1) is 21.7. The average molecular weight is 388 g/mol. The van der Waals surface area contributed by atoms with Crippen LogP contribution in [0.25, 0.3) is 0 Å². The topological polar surface area (TPSA) is 63.2 Å². The van der Waals surface area contributed by atoms with E-state index < -0.39 is 6.16 Å². The standard InChI is InChI=1S/C22H28O6/c1-6-16(3)17-7-9-20(10-8-17)26-22(23)28-27-21-18(13-24-4)11-15(2)12-19(21)14-25-5/h7-12,16H,6,13-14H2,1-5H3. The Morgan fingerprint density at radius 2 is 1.57 bits per heavy atom. The molecule has 0 saturated heterocycles. The predicted molar refractivity (Wildman–Crippen MR) is 105 cm³/mol. The minimum absolute atomic E-state index is 0.309. The summed E-state index contributed by atoms with van der Waals surface area (Å²) in [6.07, 6.45) is 0.0869. The molecular formula is C22H28O6. The van der Waals surface area contributed by atoms with E-state index >= 15 is 0 Å². The van der Waals surface area contributed by atoms with E-state index in [9.17, 15) is 4.79 Å². The van der Waals surface area contributed by atoms with Gasteiger partial charge in [0.05, 0.1) is 13.2 Å². The fraction of sp³-hybridized carbons (Fsp3) is 0.409. The van der Waals surface area contributed by atoms with E-state index in [0.717, 1.165) is 23.1 Å². The summed E-state index contributed by atoms with van der Waals surface area (Å²) >= 11 is 0. The van der Waals surface area contributed by atoms with Crippen molar-refractivity contribution in [2.75, 3.05) is 14.2 Å². The zero-order chi connectivity index (χ0) is 20.5. The molecule has 0 aliphatic heterocycles. The van der Waals surface area contributed by atoms with Crippen LogP contribution in [0.3, 0.4) is 0 Å². The van der Waals surface area contributed by atoms with Gasteiger partial charge in [0.15, 0.2) is 5.75 Å². The quantitative estimate of drug-likeness (QED) is 0.251. The maximum Gasteiger partial charge on any atom is 0.555 e. The van der Waals surface area contributed by atoms with Crippen LogP contribution in [-0.4, -0.2) is 20.4 Å². The number of carbonyl (C=O) groups excluding carboxylic acids is 1. The van der Waals surface area contributed by atoms with Crippen LogP contribution in [0.2, 0.25) is 0 Å². The molecule has 0 aromatic heterocycles. The lowest BCUT2D eigenvalue weighted by Crippen LogP contribution is -2.15. The number of benzene rings is 2. The maximum absolute atomic E-state index is 12.0. The third kappa shape index (κ3) is 5.97. The number of rotatable bonds is 9. The molecule has 0 bridgehead atoms. The molecule has 2 rings (SSSR count). The van der Waals surface area contributed by atoms with Gasteiger partial charge in [-0.25, -0.2) is 4.89 Å². The molecule has 0 N–H and O–H groups in total. The Bertz CT molecular complexity index is 742. The van der Waals surface area contributed by atoms with E-state index in [1.807, 2.05) is 31.2 Å². The highest BCUT2D eigenvalue weighted by molar-refractivity contribution is 5.63. The molecule has 28 heavy (non-hydrogen) atoms. The van der Waals surface area contributed by atoms with Gasteiger partial charge in [-0.1, -0.05) is 31.5 Å². The summed E-state index contributed by atoms with van der Waals surface area (Å²) in [5.41, 5.74) is 3.71. The van der Waals surface area contributed by atoms with Gasteiger partial charge in [-0.3, -0.25) is 4.89 Å². The molecule has 0 aliphatic rings. The molecule has 0 spiro atoms. The van der Waals surface area contributed by atoms with Crippen LogP contribution >= 0.6 is 0 Å². The summed E-state index contributed by atoms with van der Waals surface area (Å²) in [7, 11) is 3.17. The number of carbonyl (C=O) groups is 1.